The Morgan fingerprint density at radius 2 is 1.07 bits per heavy atom. The van der Waals surface area contributed by atoms with E-state index in [0.29, 0.717) is 12.8 Å². The van der Waals surface area contributed by atoms with E-state index in [-0.39, 0.29) is 70.2 Å². The Kier molecular flexibility index (Phi) is 27.0. The second-order valence-electron chi connectivity index (χ2n) is 10.7. The molecule has 43 heavy (non-hydrogen) atoms. The van der Waals surface area contributed by atoms with Crippen LogP contribution >= 0.6 is 0 Å². The fraction of sp³-hybridized carbons (Fsp3) is 0.647. The monoisotopic (exact) mass is 644 g/mol. The van der Waals surface area contributed by atoms with E-state index in [2.05, 4.69) is 38.2 Å². The fourth-order valence-corrected chi connectivity index (χ4v) is 5.22. The Morgan fingerprint density at radius 1 is 0.651 bits per heavy atom. The Morgan fingerprint density at radius 3 is 1.49 bits per heavy atom. The second-order valence-corrected chi connectivity index (χ2v) is 12.1. The maximum atomic E-state index is 12.8. The maximum absolute atomic E-state index is 12.8. The van der Waals surface area contributed by atoms with Gasteiger partial charge in [-0.2, -0.15) is 0 Å². The average Bonchev–Trinajstić information content (AvgIpc) is 2.97. The molecule has 0 saturated heterocycles. The van der Waals surface area contributed by atoms with Gasteiger partial charge in [0, 0.05) is 0 Å². The summed E-state index contributed by atoms with van der Waals surface area (Å²) in [5.41, 5.74) is -0.820. The minimum Gasteiger partial charge on any atom is -0.744 e. The molecule has 1 aromatic rings. The molecule has 0 radical (unpaired) electrons. The molecule has 238 valence electrons. The quantitative estimate of drug-likeness (QED) is 0.0417. The number of carbonyl (C=O) groups is 2. The first-order valence-electron chi connectivity index (χ1n) is 16.1. The van der Waals surface area contributed by atoms with Crippen molar-refractivity contribution in [3.8, 4) is 0 Å². The van der Waals surface area contributed by atoms with E-state index < -0.39 is 32.5 Å². The number of rotatable bonds is 25. The van der Waals surface area contributed by atoms with Crippen molar-refractivity contribution in [1.82, 2.24) is 0 Å². The third-order valence-corrected chi connectivity index (χ3v) is 7.88. The summed E-state index contributed by atoms with van der Waals surface area (Å²) in [5.74, 6) is -1.86. The van der Waals surface area contributed by atoms with Crippen molar-refractivity contribution in [1.29, 1.82) is 0 Å². The largest absolute Gasteiger partial charge is 1.00 e. The van der Waals surface area contributed by atoms with Crippen molar-refractivity contribution in [2.24, 2.45) is 0 Å². The molecule has 9 heteroatoms. The summed E-state index contributed by atoms with van der Waals surface area (Å²) < 4.78 is 46.2. The van der Waals surface area contributed by atoms with Crippen LogP contribution in [0.25, 0.3) is 0 Å². The van der Waals surface area contributed by atoms with Crippen molar-refractivity contribution < 1.29 is 83.4 Å². The molecule has 7 nitrogen and oxygen atoms in total. The molecule has 0 aliphatic rings. The standard InChI is InChI=1S/C34H54O7S.K/c1-3-5-7-9-11-13-15-17-19-21-23-28-40-33(35)30-26-25-27-31(42(37,38)39)32(30)34(36)41-29-24-22-20-18-16-14-12-10-8-6-4-2;/h13-16,25-27H,3-12,17-24,28-29H2,1-2H3,(H,37,38,39);/q;+1/p-1/b15-13+,16-14+;. The normalized spacial score (nSPS) is 11.6. The number of unbranched alkanes of at least 4 members (excludes halogenated alkanes) is 14. The molecule has 0 N–H and O–H groups in total. The first kappa shape index (κ1) is 42.2. The molecule has 0 fully saturated rings. The Bertz CT molecular complexity index is 1050. The van der Waals surface area contributed by atoms with Crippen LogP contribution in [0.3, 0.4) is 0 Å². The Labute approximate surface area is 303 Å². The predicted octanol–water partition coefficient (Wildman–Crippen LogP) is 6.08. The van der Waals surface area contributed by atoms with Gasteiger partial charge in [-0.25, -0.2) is 18.0 Å². The van der Waals surface area contributed by atoms with Crippen LogP contribution < -0.4 is 51.4 Å². The SMILES string of the molecule is CCCCCC/C=C/CCCCCOC(=O)c1cccc(S(=O)(=O)[O-])c1C(=O)OCCCCC/C=C/CCCCCC.[K+]. The minimum atomic E-state index is -5.01. The Balaban J connectivity index is 0.0000176. The molecule has 0 saturated carbocycles. The fourth-order valence-electron chi connectivity index (χ4n) is 4.53. The summed E-state index contributed by atoms with van der Waals surface area (Å²) in [4.78, 5) is 24.8. The molecule has 0 bridgehead atoms. The molecule has 0 atom stereocenters. The van der Waals surface area contributed by atoms with Gasteiger partial charge in [0.25, 0.3) is 0 Å². The zero-order chi connectivity index (χ0) is 30.9. The molecule has 1 rings (SSSR count). The number of esters is 2. The van der Waals surface area contributed by atoms with E-state index in [9.17, 15) is 22.6 Å². The van der Waals surface area contributed by atoms with Crippen LogP contribution in [0.15, 0.2) is 47.4 Å². The molecular formula is C34H53KO7S. The van der Waals surface area contributed by atoms with E-state index in [4.69, 9.17) is 9.47 Å². The molecule has 0 unspecified atom stereocenters. The van der Waals surface area contributed by atoms with Gasteiger partial charge in [-0.3, -0.25) is 0 Å². The topological polar surface area (TPSA) is 110 Å². The number of benzene rings is 1. The van der Waals surface area contributed by atoms with E-state index >= 15 is 0 Å². The van der Waals surface area contributed by atoms with Crippen LogP contribution in [0.2, 0.25) is 0 Å². The smallest absolute Gasteiger partial charge is 0.744 e. The first-order chi connectivity index (χ1) is 20.3. The summed E-state index contributed by atoms with van der Waals surface area (Å²) in [6.45, 7) is 4.60. The number of carbonyl (C=O) groups excluding carboxylic acids is 2. The van der Waals surface area contributed by atoms with Gasteiger partial charge in [0.2, 0.25) is 0 Å². The zero-order valence-corrected chi connectivity index (χ0v) is 30.9. The van der Waals surface area contributed by atoms with Gasteiger partial charge in [-0.15, -0.1) is 0 Å². The minimum absolute atomic E-state index is 0. The third-order valence-electron chi connectivity index (χ3n) is 7.00. The van der Waals surface area contributed by atoms with Crippen molar-refractivity contribution in [3.05, 3.63) is 53.6 Å². The number of hydrogen-bond acceptors (Lipinski definition) is 7. The van der Waals surface area contributed by atoms with Crippen molar-refractivity contribution in [2.75, 3.05) is 13.2 Å². The molecule has 0 aromatic heterocycles. The molecule has 0 spiro atoms. The van der Waals surface area contributed by atoms with Gasteiger partial charge in [0.05, 0.1) is 29.2 Å². The average molecular weight is 645 g/mol. The summed E-state index contributed by atoms with van der Waals surface area (Å²) in [7, 11) is -5.01. The molecular weight excluding hydrogens is 592 g/mol. The van der Waals surface area contributed by atoms with Gasteiger partial charge in [0.1, 0.15) is 10.1 Å². The van der Waals surface area contributed by atoms with Crippen molar-refractivity contribution in [2.45, 2.75) is 134 Å². The number of allylic oxidation sites excluding steroid dienone is 4. The Hall–Kier alpha value is -0.814. The molecule has 0 aliphatic heterocycles. The summed E-state index contributed by atoms with van der Waals surface area (Å²) in [6.07, 6.45) is 27.8. The summed E-state index contributed by atoms with van der Waals surface area (Å²) >= 11 is 0. The van der Waals surface area contributed by atoms with Gasteiger partial charge in [-0.05, 0) is 89.2 Å². The molecule has 0 heterocycles. The van der Waals surface area contributed by atoms with E-state index in [1.807, 2.05) is 0 Å². The first-order valence-corrected chi connectivity index (χ1v) is 17.5. The number of hydrogen-bond donors (Lipinski definition) is 0. The van der Waals surface area contributed by atoms with Crippen LogP contribution in [0.5, 0.6) is 0 Å². The van der Waals surface area contributed by atoms with Gasteiger partial charge in [0.15, 0.2) is 0 Å². The second kappa shape index (κ2) is 27.5. The van der Waals surface area contributed by atoms with E-state index in [1.54, 1.807) is 0 Å². The van der Waals surface area contributed by atoms with Crippen LogP contribution in [0, 0.1) is 0 Å². The van der Waals surface area contributed by atoms with Gasteiger partial charge in [-0.1, -0.05) is 82.7 Å². The molecule has 1 aromatic carbocycles. The molecule has 0 amide bonds. The van der Waals surface area contributed by atoms with Crippen LogP contribution in [0.1, 0.15) is 150 Å². The summed E-state index contributed by atoms with van der Waals surface area (Å²) in [5, 5.41) is 0. The zero-order valence-electron chi connectivity index (χ0n) is 26.9. The van der Waals surface area contributed by atoms with Crippen LogP contribution in [-0.2, 0) is 19.6 Å². The van der Waals surface area contributed by atoms with Crippen molar-refractivity contribution in [3.63, 3.8) is 0 Å². The van der Waals surface area contributed by atoms with Gasteiger partial charge >= 0.3 is 63.3 Å². The predicted molar refractivity (Wildman–Crippen MR) is 168 cm³/mol. The van der Waals surface area contributed by atoms with E-state index in [1.165, 1.54) is 63.5 Å². The van der Waals surface area contributed by atoms with E-state index in [0.717, 1.165) is 57.4 Å². The number of ether oxygens (including phenoxy) is 2. The summed E-state index contributed by atoms with van der Waals surface area (Å²) in [6, 6.07) is 3.55. The third kappa shape index (κ3) is 20.8. The molecule has 0 aliphatic carbocycles. The van der Waals surface area contributed by atoms with Crippen LogP contribution in [-0.4, -0.2) is 38.1 Å². The van der Waals surface area contributed by atoms with Crippen LogP contribution in [0.4, 0.5) is 0 Å². The maximum Gasteiger partial charge on any atom is 1.00 e. The van der Waals surface area contributed by atoms with Crippen molar-refractivity contribution >= 4 is 22.1 Å². The van der Waals surface area contributed by atoms with Gasteiger partial charge < -0.3 is 14.0 Å².